The monoisotopic (exact) mass is 221 g/mol. The van der Waals surface area contributed by atoms with Gasteiger partial charge in [0.15, 0.2) is 0 Å². The van der Waals surface area contributed by atoms with Crippen molar-refractivity contribution in [2.24, 2.45) is 0 Å². The lowest BCUT2D eigenvalue weighted by molar-refractivity contribution is -0.141. The summed E-state index contributed by atoms with van der Waals surface area (Å²) in [5.41, 5.74) is 2.11. The number of anilines is 1. The molecule has 4 nitrogen and oxygen atoms in total. The van der Waals surface area contributed by atoms with E-state index in [1.807, 2.05) is 30.1 Å². The molecular formula is C12H15NO3. The predicted octanol–water partition coefficient (Wildman–Crippen LogP) is 1.23. The highest BCUT2D eigenvalue weighted by Gasteiger charge is 2.34. The van der Waals surface area contributed by atoms with Crippen LogP contribution in [0.5, 0.6) is 5.75 Å². The van der Waals surface area contributed by atoms with Gasteiger partial charge in [-0.15, -0.1) is 0 Å². The minimum absolute atomic E-state index is 0.208. The first-order valence-corrected chi connectivity index (χ1v) is 5.15. The number of para-hydroxylation sites is 1. The Kier molecular flexibility index (Phi) is 2.73. The number of carbonyl (C=O) groups excluding carboxylic acids is 1. The molecule has 0 fully saturated rings. The molecule has 1 aliphatic heterocycles. The van der Waals surface area contributed by atoms with Crippen LogP contribution in [0.25, 0.3) is 0 Å². The van der Waals surface area contributed by atoms with Crippen molar-refractivity contribution in [1.82, 2.24) is 0 Å². The van der Waals surface area contributed by atoms with Crippen LogP contribution in [0.2, 0.25) is 0 Å². The molecule has 1 aliphatic rings. The molecular weight excluding hydrogens is 206 g/mol. The quantitative estimate of drug-likeness (QED) is 0.704. The normalized spacial score (nSPS) is 18.2. The van der Waals surface area contributed by atoms with Crippen LogP contribution in [-0.4, -0.2) is 33.3 Å². The minimum Gasteiger partial charge on any atom is -0.495 e. The summed E-state index contributed by atoms with van der Waals surface area (Å²) in [6.45, 7) is 0. The van der Waals surface area contributed by atoms with Gasteiger partial charge in [-0.05, 0) is 11.6 Å². The number of ether oxygens (including phenoxy) is 2. The third-order valence-electron chi connectivity index (χ3n) is 3.01. The van der Waals surface area contributed by atoms with Gasteiger partial charge >= 0.3 is 5.97 Å². The summed E-state index contributed by atoms with van der Waals surface area (Å²) >= 11 is 0. The van der Waals surface area contributed by atoms with Crippen LogP contribution in [0.1, 0.15) is 5.56 Å². The number of hydrogen-bond donors (Lipinski definition) is 0. The Bertz CT molecular complexity index is 417. The highest BCUT2D eigenvalue weighted by molar-refractivity contribution is 5.85. The van der Waals surface area contributed by atoms with Crippen molar-refractivity contribution < 1.29 is 14.3 Å². The standard InChI is InChI=1S/C12H15NO3/c1-13-9(12(14)16-3)7-8-5-4-6-10(15-2)11(8)13/h4-6,9H,7H2,1-3H3. The van der Waals surface area contributed by atoms with E-state index in [4.69, 9.17) is 9.47 Å². The number of rotatable bonds is 2. The highest BCUT2D eigenvalue weighted by atomic mass is 16.5. The third-order valence-corrected chi connectivity index (χ3v) is 3.01. The van der Waals surface area contributed by atoms with Gasteiger partial charge in [0.25, 0.3) is 0 Å². The molecule has 1 aromatic carbocycles. The van der Waals surface area contributed by atoms with Crippen LogP contribution in [-0.2, 0) is 16.0 Å². The Morgan fingerprint density at radius 2 is 2.19 bits per heavy atom. The number of esters is 1. The smallest absolute Gasteiger partial charge is 0.328 e. The van der Waals surface area contributed by atoms with Crippen molar-refractivity contribution in [3.05, 3.63) is 23.8 Å². The molecule has 0 aromatic heterocycles. The van der Waals surface area contributed by atoms with Gasteiger partial charge < -0.3 is 14.4 Å². The average Bonchev–Trinajstić information content (AvgIpc) is 2.66. The molecule has 0 bridgehead atoms. The Morgan fingerprint density at radius 3 is 2.81 bits per heavy atom. The molecule has 16 heavy (non-hydrogen) atoms. The maximum atomic E-state index is 11.6. The van der Waals surface area contributed by atoms with E-state index < -0.39 is 0 Å². The molecule has 0 amide bonds. The number of benzene rings is 1. The lowest BCUT2D eigenvalue weighted by Crippen LogP contribution is -2.36. The average molecular weight is 221 g/mol. The van der Waals surface area contributed by atoms with E-state index in [0.717, 1.165) is 17.0 Å². The van der Waals surface area contributed by atoms with Gasteiger partial charge in [-0.2, -0.15) is 0 Å². The fraction of sp³-hybridized carbons (Fsp3) is 0.417. The fourth-order valence-corrected chi connectivity index (χ4v) is 2.18. The van der Waals surface area contributed by atoms with Crippen LogP contribution < -0.4 is 9.64 Å². The number of fused-ring (bicyclic) bond motifs is 1. The Labute approximate surface area is 94.8 Å². The molecule has 0 spiro atoms. The minimum atomic E-state index is -0.240. The van der Waals surface area contributed by atoms with Crippen molar-refractivity contribution >= 4 is 11.7 Å². The Hall–Kier alpha value is -1.71. The second-order valence-corrected chi connectivity index (χ2v) is 3.82. The molecule has 4 heteroatoms. The van der Waals surface area contributed by atoms with Gasteiger partial charge in [-0.3, -0.25) is 0 Å². The van der Waals surface area contributed by atoms with Crippen LogP contribution in [0.4, 0.5) is 5.69 Å². The summed E-state index contributed by atoms with van der Waals surface area (Å²) < 4.78 is 10.1. The number of likely N-dealkylation sites (N-methyl/N-ethyl adjacent to an activating group) is 1. The van der Waals surface area contributed by atoms with Gasteiger partial charge in [0.1, 0.15) is 11.8 Å². The summed E-state index contributed by atoms with van der Waals surface area (Å²) in [7, 11) is 4.93. The van der Waals surface area contributed by atoms with E-state index in [1.54, 1.807) is 7.11 Å². The molecule has 1 aromatic rings. The van der Waals surface area contributed by atoms with Gasteiger partial charge in [0, 0.05) is 13.5 Å². The summed E-state index contributed by atoms with van der Waals surface area (Å²) in [5, 5.41) is 0. The molecule has 1 unspecified atom stereocenters. The van der Waals surface area contributed by atoms with Gasteiger partial charge in [-0.25, -0.2) is 4.79 Å². The van der Waals surface area contributed by atoms with Crippen LogP contribution in [0.15, 0.2) is 18.2 Å². The highest BCUT2D eigenvalue weighted by Crippen LogP contribution is 2.38. The first kappa shape index (κ1) is 10.8. The molecule has 0 N–H and O–H groups in total. The van der Waals surface area contributed by atoms with E-state index >= 15 is 0 Å². The zero-order chi connectivity index (χ0) is 11.7. The fourth-order valence-electron chi connectivity index (χ4n) is 2.18. The lowest BCUT2D eigenvalue weighted by Gasteiger charge is -2.21. The first-order chi connectivity index (χ1) is 7.69. The molecule has 0 saturated carbocycles. The van der Waals surface area contributed by atoms with E-state index in [9.17, 15) is 4.79 Å². The summed E-state index contributed by atoms with van der Waals surface area (Å²) in [4.78, 5) is 13.5. The molecule has 0 saturated heterocycles. The molecule has 1 atom stereocenters. The molecule has 0 aliphatic carbocycles. The second kappa shape index (κ2) is 4.04. The van der Waals surface area contributed by atoms with Crippen molar-refractivity contribution in [1.29, 1.82) is 0 Å². The maximum absolute atomic E-state index is 11.6. The second-order valence-electron chi connectivity index (χ2n) is 3.82. The van der Waals surface area contributed by atoms with E-state index in [0.29, 0.717) is 6.42 Å². The van der Waals surface area contributed by atoms with Crippen molar-refractivity contribution in [3.63, 3.8) is 0 Å². The van der Waals surface area contributed by atoms with Crippen molar-refractivity contribution in [2.75, 3.05) is 26.2 Å². The topological polar surface area (TPSA) is 38.8 Å². The summed E-state index contributed by atoms with van der Waals surface area (Å²) in [6, 6.07) is 5.61. The van der Waals surface area contributed by atoms with Crippen LogP contribution >= 0.6 is 0 Å². The van der Waals surface area contributed by atoms with Gasteiger partial charge in [0.2, 0.25) is 0 Å². The molecule has 1 heterocycles. The van der Waals surface area contributed by atoms with Gasteiger partial charge in [-0.1, -0.05) is 12.1 Å². The Morgan fingerprint density at radius 1 is 1.44 bits per heavy atom. The summed E-state index contributed by atoms with van der Waals surface area (Å²) in [5.74, 6) is 0.590. The third kappa shape index (κ3) is 1.50. The molecule has 0 radical (unpaired) electrons. The van der Waals surface area contributed by atoms with Crippen molar-refractivity contribution in [3.8, 4) is 5.75 Å². The molecule has 2 rings (SSSR count). The van der Waals surface area contributed by atoms with Crippen LogP contribution in [0, 0.1) is 0 Å². The largest absolute Gasteiger partial charge is 0.495 e. The zero-order valence-corrected chi connectivity index (χ0v) is 9.69. The number of methoxy groups -OCH3 is 2. The Balaban J connectivity index is 2.38. The molecule has 86 valence electrons. The zero-order valence-electron chi connectivity index (χ0n) is 9.69. The predicted molar refractivity (Wildman–Crippen MR) is 60.9 cm³/mol. The SMILES string of the molecule is COC(=O)C1Cc2cccc(OC)c2N1C. The number of hydrogen-bond acceptors (Lipinski definition) is 4. The summed E-state index contributed by atoms with van der Waals surface area (Å²) in [6.07, 6.45) is 0.676. The lowest BCUT2D eigenvalue weighted by atomic mass is 10.1. The van der Waals surface area contributed by atoms with E-state index in [-0.39, 0.29) is 12.0 Å². The maximum Gasteiger partial charge on any atom is 0.328 e. The van der Waals surface area contributed by atoms with Gasteiger partial charge in [0.05, 0.1) is 19.9 Å². The van der Waals surface area contributed by atoms with E-state index in [1.165, 1.54) is 7.11 Å². The van der Waals surface area contributed by atoms with Crippen LogP contribution in [0.3, 0.4) is 0 Å². The van der Waals surface area contributed by atoms with E-state index in [2.05, 4.69) is 0 Å². The first-order valence-electron chi connectivity index (χ1n) is 5.15. The van der Waals surface area contributed by atoms with Crippen molar-refractivity contribution in [2.45, 2.75) is 12.5 Å². The number of nitrogens with zero attached hydrogens (tertiary/aromatic N) is 1. The number of carbonyl (C=O) groups is 1.